The molecule has 1 aliphatic heterocycles. The Bertz CT molecular complexity index is 2530. The Morgan fingerprint density at radius 3 is 2.43 bits per heavy atom. The highest BCUT2D eigenvalue weighted by Crippen LogP contribution is 2.41. The van der Waals surface area contributed by atoms with Crippen LogP contribution in [0.4, 0.5) is 33.3 Å². The number of anilines is 2. The fraction of sp³-hybridized carbons (Fsp3) is 0.262. The van der Waals surface area contributed by atoms with E-state index in [0.717, 1.165) is 44.8 Å². The highest BCUT2D eigenvalue weighted by molar-refractivity contribution is 7.81. The van der Waals surface area contributed by atoms with Crippen LogP contribution < -0.4 is 19.9 Å². The van der Waals surface area contributed by atoms with Gasteiger partial charge in [0.1, 0.15) is 24.6 Å². The molecule has 2 N–H and O–H groups in total. The van der Waals surface area contributed by atoms with Crippen LogP contribution in [-0.2, 0) is 33.5 Å². The Labute approximate surface area is 334 Å². The summed E-state index contributed by atoms with van der Waals surface area (Å²) in [6.45, 7) is 2.77. The van der Waals surface area contributed by atoms with Crippen molar-refractivity contribution in [2.45, 2.75) is 51.4 Å². The van der Waals surface area contributed by atoms with E-state index in [0.29, 0.717) is 36.4 Å². The van der Waals surface area contributed by atoms with Crippen molar-refractivity contribution in [1.82, 2.24) is 10.3 Å². The first kappa shape index (κ1) is 40.0. The van der Waals surface area contributed by atoms with Gasteiger partial charge in [-0.25, -0.2) is 8.78 Å². The third-order valence-electron chi connectivity index (χ3n) is 10.1. The summed E-state index contributed by atoms with van der Waals surface area (Å²) in [7, 11) is 0. The second-order valence-corrected chi connectivity index (χ2v) is 14.6. The molecular formula is C42H34F5N5O5S. The largest absolute Gasteiger partial charge is 0.488 e. The van der Waals surface area contributed by atoms with Crippen molar-refractivity contribution in [3.63, 3.8) is 0 Å². The first-order valence-electron chi connectivity index (χ1n) is 18.1. The lowest BCUT2D eigenvalue weighted by Gasteiger charge is -2.29. The number of thiocarbonyl (C=S) groups is 1. The van der Waals surface area contributed by atoms with Crippen molar-refractivity contribution in [1.29, 1.82) is 5.26 Å². The molecule has 298 valence electrons. The van der Waals surface area contributed by atoms with Crippen LogP contribution in [0.15, 0.2) is 72.8 Å². The number of halogens is 5. The Kier molecular flexibility index (Phi) is 10.8. The lowest BCUT2D eigenvalue weighted by molar-refractivity contribution is -0.137. The lowest BCUT2D eigenvalue weighted by Crippen LogP contribution is -2.44. The van der Waals surface area contributed by atoms with E-state index in [1.54, 1.807) is 0 Å². The minimum atomic E-state index is -4.86. The molecule has 10 nitrogen and oxygen atoms in total. The van der Waals surface area contributed by atoms with Crippen LogP contribution in [0, 0.1) is 23.0 Å². The highest BCUT2D eigenvalue weighted by Gasteiger charge is 2.51. The average molecular weight is 816 g/mol. The van der Waals surface area contributed by atoms with Gasteiger partial charge >= 0.3 is 6.18 Å². The number of amides is 2. The number of nitrogens with one attached hydrogen (secondary N) is 2. The van der Waals surface area contributed by atoms with Gasteiger partial charge in [0.25, 0.3) is 5.91 Å². The van der Waals surface area contributed by atoms with Gasteiger partial charge in [0, 0.05) is 46.9 Å². The molecule has 0 saturated carbocycles. The van der Waals surface area contributed by atoms with Crippen molar-refractivity contribution >= 4 is 57.2 Å². The first-order chi connectivity index (χ1) is 27.6. The molecule has 0 atom stereocenters. The number of aromatic nitrogens is 1. The number of nitriles is 1. The lowest BCUT2D eigenvalue weighted by atomic mass is 9.99. The monoisotopic (exact) mass is 815 g/mol. The van der Waals surface area contributed by atoms with Gasteiger partial charge in [0.15, 0.2) is 22.5 Å². The Balaban J connectivity index is 0.902. The van der Waals surface area contributed by atoms with Gasteiger partial charge in [0.2, 0.25) is 5.91 Å². The molecule has 1 saturated heterocycles. The molecule has 7 rings (SSSR count). The maximum atomic E-state index is 15.3. The summed E-state index contributed by atoms with van der Waals surface area (Å²) in [5, 5.41) is 12.5. The summed E-state index contributed by atoms with van der Waals surface area (Å²) in [6.07, 6.45) is -3.14. The molecule has 2 amide bonds. The fourth-order valence-electron chi connectivity index (χ4n) is 7.26. The zero-order valence-corrected chi connectivity index (χ0v) is 31.9. The summed E-state index contributed by atoms with van der Waals surface area (Å²) >= 11 is 5.51. The number of carbonyl (C=O) groups excluding carboxylic acids is 3. The second-order valence-electron chi connectivity index (χ2n) is 14.3. The number of alkyl halides is 3. The molecule has 0 bridgehead atoms. The van der Waals surface area contributed by atoms with Gasteiger partial charge < -0.3 is 24.7 Å². The van der Waals surface area contributed by atoms with Crippen LogP contribution in [0.25, 0.3) is 22.2 Å². The molecule has 58 heavy (non-hydrogen) atoms. The van der Waals surface area contributed by atoms with Gasteiger partial charge in [-0.2, -0.15) is 18.4 Å². The van der Waals surface area contributed by atoms with Crippen LogP contribution in [0.5, 0.6) is 5.75 Å². The average Bonchev–Trinajstić information content (AvgIpc) is 3.55. The zero-order chi connectivity index (χ0) is 41.5. The first-order valence-corrected chi connectivity index (χ1v) is 18.5. The number of aryl methyl sites for hydroxylation is 1. The molecule has 0 unspecified atom stereocenters. The van der Waals surface area contributed by atoms with E-state index in [9.17, 15) is 31.9 Å². The van der Waals surface area contributed by atoms with Crippen molar-refractivity contribution < 1.29 is 45.8 Å². The predicted molar refractivity (Wildman–Crippen MR) is 208 cm³/mol. The number of hydrogen-bond donors (Lipinski definition) is 2. The molecule has 2 heterocycles. The normalized spacial score (nSPS) is 15.2. The van der Waals surface area contributed by atoms with Gasteiger partial charge in [-0.1, -0.05) is 24.3 Å². The van der Waals surface area contributed by atoms with E-state index in [2.05, 4.69) is 10.3 Å². The van der Waals surface area contributed by atoms with Crippen molar-refractivity contribution in [2.24, 2.45) is 0 Å². The zero-order valence-electron chi connectivity index (χ0n) is 31.1. The Morgan fingerprint density at radius 1 is 0.983 bits per heavy atom. The molecule has 0 radical (unpaired) electrons. The van der Waals surface area contributed by atoms with Crippen LogP contribution in [0.1, 0.15) is 59.3 Å². The smallest absolute Gasteiger partial charge is 0.417 e. The van der Waals surface area contributed by atoms with Crippen LogP contribution in [-0.4, -0.2) is 53.1 Å². The quantitative estimate of drug-likeness (QED) is 0.0778. The second kappa shape index (κ2) is 15.6. The predicted octanol–water partition coefficient (Wildman–Crippen LogP) is 8.15. The molecule has 1 aromatic heterocycles. The summed E-state index contributed by atoms with van der Waals surface area (Å²) in [6, 6.07) is 18.4. The van der Waals surface area contributed by atoms with E-state index < -0.39 is 46.3 Å². The van der Waals surface area contributed by atoms with E-state index in [4.69, 9.17) is 27.0 Å². The number of hydrogen-bond acceptors (Lipinski definition) is 7. The molecular weight excluding hydrogens is 782 g/mol. The van der Waals surface area contributed by atoms with Crippen LogP contribution >= 0.6 is 12.2 Å². The summed E-state index contributed by atoms with van der Waals surface area (Å²) in [5.41, 5.74) is 1.19. The maximum absolute atomic E-state index is 15.3. The van der Waals surface area contributed by atoms with Gasteiger partial charge in [-0.05, 0) is 98.1 Å². The minimum Gasteiger partial charge on any atom is -0.488 e. The standard InChI is InChI=1S/C42H34F5N5O5S/c1-41(2)39(55)51(27-11-10-25(20-48)31(18-27)42(45,46)47)40(58)52(41)28-12-13-35(32(44)19-28)57-15-14-56-22-36(54)49-21-23-6-8-24(9-7-23)38-29-4-3-5-34(53)30-16-26(43)17-33(50-38)37(29)30/h6-13,16-19,50H,3-5,14-15,21-22H2,1-2H3,(H,49,54). The maximum Gasteiger partial charge on any atom is 0.417 e. The van der Waals surface area contributed by atoms with Gasteiger partial charge in [-0.3, -0.25) is 19.3 Å². The summed E-state index contributed by atoms with van der Waals surface area (Å²) in [5.74, 6) is -2.54. The third kappa shape index (κ3) is 7.62. The molecule has 16 heteroatoms. The minimum absolute atomic E-state index is 0.0510. The number of Topliss-reactive ketones (excluding diaryl/α,β-unsaturated/α-hetero) is 1. The summed E-state index contributed by atoms with van der Waals surface area (Å²) in [4.78, 5) is 44.1. The number of carbonyl (C=O) groups is 3. The highest BCUT2D eigenvalue weighted by atomic mass is 32.1. The van der Waals surface area contributed by atoms with Gasteiger partial charge in [-0.15, -0.1) is 0 Å². The van der Waals surface area contributed by atoms with E-state index in [1.807, 2.05) is 24.3 Å². The van der Waals surface area contributed by atoms with Crippen molar-refractivity contribution in [3.05, 3.63) is 112 Å². The number of nitrogens with zero attached hydrogens (tertiary/aromatic N) is 3. The number of benzene rings is 4. The van der Waals surface area contributed by atoms with Crippen molar-refractivity contribution in [2.75, 3.05) is 29.6 Å². The van der Waals surface area contributed by atoms with Crippen LogP contribution in [0.2, 0.25) is 0 Å². The summed E-state index contributed by atoms with van der Waals surface area (Å²) < 4.78 is 81.4. The van der Waals surface area contributed by atoms with E-state index in [-0.39, 0.29) is 54.4 Å². The van der Waals surface area contributed by atoms with E-state index in [1.165, 1.54) is 55.1 Å². The van der Waals surface area contributed by atoms with E-state index >= 15 is 4.39 Å². The molecule has 5 aromatic rings. The van der Waals surface area contributed by atoms with Crippen molar-refractivity contribution in [3.8, 4) is 23.1 Å². The SMILES string of the molecule is CC1(C)C(=O)N(c2ccc(C#N)c(C(F)(F)F)c2)C(=S)N1c1ccc(OCCOCC(=O)NCc2ccc(-c3[nH]c4cc(F)cc5c4c3CCCC5=O)cc2)c(F)c1. The number of ether oxygens (including phenoxy) is 2. The molecule has 1 fully saturated rings. The number of H-pyrrole nitrogens is 1. The number of ketones is 1. The topological polar surface area (TPSA) is 128 Å². The number of rotatable bonds is 11. The fourth-order valence-corrected chi connectivity index (χ4v) is 7.79. The Hall–Kier alpha value is -6.18. The van der Waals surface area contributed by atoms with Crippen LogP contribution in [0.3, 0.4) is 0 Å². The Morgan fingerprint density at radius 2 is 1.72 bits per heavy atom. The molecule has 2 aliphatic rings. The molecule has 1 aliphatic carbocycles. The number of aromatic amines is 1. The molecule has 4 aromatic carbocycles. The van der Waals surface area contributed by atoms with Gasteiger partial charge in [0.05, 0.1) is 29.5 Å². The third-order valence-corrected chi connectivity index (χ3v) is 10.4. The molecule has 0 spiro atoms.